The van der Waals surface area contributed by atoms with Gasteiger partial charge in [-0.3, -0.25) is 0 Å². The number of ether oxygens (including phenoxy) is 1. The molecule has 11 aromatic rings. The maximum atomic E-state index is 6.63. The Hall–Kier alpha value is -7.33. The second kappa shape index (κ2) is 16.0. The zero-order valence-corrected chi connectivity index (χ0v) is 38.3. The van der Waals surface area contributed by atoms with E-state index in [0.717, 1.165) is 55.9 Å². The number of nitrogens with zero attached hydrogens (tertiary/aromatic N) is 4. The van der Waals surface area contributed by atoms with Crippen LogP contribution in [-0.2, 0) is 26.5 Å². The molecule has 0 amide bonds. The molecule has 1 aliphatic heterocycles. The molecular formula is C59H42N4OPt. The van der Waals surface area contributed by atoms with Crippen LogP contribution in [0, 0.1) is 24.9 Å². The van der Waals surface area contributed by atoms with Gasteiger partial charge in [-0.25, -0.2) is 0 Å². The van der Waals surface area contributed by atoms with Gasteiger partial charge in [0.15, 0.2) is 0 Å². The van der Waals surface area contributed by atoms with Crippen LogP contribution in [0.15, 0.2) is 194 Å². The number of rotatable bonds is 7. The SMILES string of the molecule is CC(C)(C)c1ccc(-c2ccccc2)c(N2[CH-]N(c3[c-]c(Oc4[c-]c(-n5c6[c-]cccc6c6cc(-n7c8ccccc8c8ccccc87)ccc65)ccc4)ccc3)c3ccccc32)c1.[Pt+4]. The molecule has 0 fully saturated rings. The fourth-order valence-electron chi connectivity index (χ4n) is 9.41. The van der Waals surface area contributed by atoms with Crippen LogP contribution in [-0.4, -0.2) is 9.13 Å². The molecule has 0 bridgehead atoms. The second-order valence-corrected chi connectivity index (χ2v) is 17.4. The molecule has 1 aliphatic rings. The first-order valence-corrected chi connectivity index (χ1v) is 21.8. The normalized spacial score (nSPS) is 12.6. The summed E-state index contributed by atoms with van der Waals surface area (Å²) in [4.78, 5) is 4.50. The third kappa shape index (κ3) is 6.90. The summed E-state index contributed by atoms with van der Waals surface area (Å²) in [5.74, 6) is 1.19. The molecule has 0 atom stereocenters. The van der Waals surface area contributed by atoms with E-state index < -0.39 is 0 Å². The van der Waals surface area contributed by atoms with E-state index in [9.17, 15) is 0 Å². The molecular weight excluding hydrogens is 976 g/mol. The topological polar surface area (TPSA) is 25.6 Å². The molecule has 0 saturated heterocycles. The number of para-hydroxylation sites is 5. The molecule has 9 aromatic carbocycles. The average Bonchev–Trinajstić information content (AvgIpc) is 4.00. The van der Waals surface area contributed by atoms with Crippen LogP contribution >= 0.6 is 0 Å². The van der Waals surface area contributed by atoms with Crippen molar-refractivity contribution in [1.82, 2.24) is 9.13 Å². The zero-order valence-electron chi connectivity index (χ0n) is 36.1. The molecule has 3 heterocycles. The van der Waals surface area contributed by atoms with Crippen molar-refractivity contribution in [2.24, 2.45) is 0 Å². The summed E-state index contributed by atoms with van der Waals surface area (Å²) in [5, 5.41) is 4.75. The fourth-order valence-corrected chi connectivity index (χ4v) is 9.41. The van der Waals surface area contributed by atoms with E-state index in [4.69, 9.17) is 4.74 Å². The molecule has 0 spiro atoms. The summed E-state index contributed by atoms with van der Waals surface area (Å²) in [6, 6.07) is 79.1. The Bertz CT molecular complexity index is 3530. The smallest absolute Gasteiger partial charge is 0.509 e. The molecule has 0 unspecified atom stereocenters. The number of hydrogen-bond donors (Lipinski definition) is 0. The zero-order chi connectivity index (χ0) is 42.9. The van der Waals surface area contributed by atoms with Crippen LogP contribution in [0.25, 0.3) is 66.1 Å². The Kier molecular flexibility index (Phi) is 9.97. The minimum absolute atomic E-state index is 0. The van der Waals surface area contributed by atoms with Gasteiger partial charge in [0.05, 0.1) is 11.0 Å². The maximum Gasteiger partial charge on any atom is 4.00 e. The Balaban J connectivity index is 0.00000469. The molecule has 0 aliphatic carbocycles. The summed E-state index contributed by atoms with van der Waals surface area (Å²) in [6.07, 6.45) is 0. The number of fused-ring (bicyclic) bond motifs is 7. The third-order valence-corrected chi connectivity index (χ3v) is 12.5. The molecule has 65 heavy (non-hydrogen) atoms. The Morgan fingerprint density at radius 2 is 1.09 bits per heavy atom. The minimum atomic E-state index is -0.0194. The van der Waals surface area contributed by atoms with E-state index in [2.05, 4.69) is 228 Å². The first kappa shape index (κ1) is 40.4. The fraction of sp³-hybridized carbons (Fsp3) is 0.0678. The number of aromatic nitrogens is 2. The van der Waals surface area contributed by atoms with E-state index in [1.807, 2.05) is 30.3 Å². The minimum Gasteiger partial charge on any atom is -0.509 e. The first-order chi connectivity index (χ1) is 31.4. The van der Waals surface area contributed by atoms with Crippen LogP contribution < -0.4 is 14.5 Å². The number of anilines is 4. The van der Waals surface area contributed by atoms with Crippen molar-refractivity contribution >= 4 is 66.4 Å². The molecule has 0 N–H and O–H groups in total. The number of benzene rings is 9. The van der Waals surface area contributed by atoms with Gasteiger partial charge in [0.2, 0.25) is 0 Å². The van der Waals surface area contributed by atoms with Gasteiger partial charge in [0.1, 0.15) is 0 Å². The Morgan fingerprint density at radius 3 is 1.82 bits per heavy atom. The van der Waals surface area contributed by atoms with Gasteiger partial charge in [-0.05, 0) is 70.5 Å². The molecule has 6 heteroatoms. The summed E-state index contributed by atoms with van der Waals surface area (Å²) >= 11 is 0. The quantitative estimate of drug-likeness (QED) is 0.149. The van der Waals surface area contributed by atoms with Crippen LogP contribution in [0.1, 0.15) is 26.3 Å². The van der Waals surface area contributed by atoms with Gasteiger partial charge >= 0.3 is 21.1 Å². The van der Waals surface area contributed by atoms with Gasteiger partial charge in [-0.2, -0.15) is 36.4 Å². The molecule has 0 radical (unpaired) electrons. The van der Waals surface area contributed by atoms with E-state index >= 15 is 0 Å². The summed E-state index contributed by atoms with van der Waals surface area (Å²) in [6.45, 7) is 8.97. The van der Waals surface area contributed by atoms with E-state index in [1.54, 1.807) is 0 Å². The third-order valence-electron chi connectivity index (χ3n) is 12.5. The van der Waals surface area contributed by atoms with E-state index in [0.29, 0.717) is 11.5 Å². The van der Waals surface area contributed by atoms with Gasteiger partial charge < -0.3 is 23.7 Å². The molecule has 0 saturated carbocycles. The molecule has 5 nitrogen and oxygen atoms in total. The Labute approximate surface area is 393 Å². The summed E-state index contributed by atoms with van der Waals surface area (Å²) in [7, 11) is 0. The van der Waals surface area contributed by atoms with E-state index in [-0.39, 0.29) is 26.5 Å². The van der Waals surface area contributed by atoms with Crippen molar-refractivity contribution in [3.8, 4) is 34.0 Å². The van der Waals surface area contributed by atoms with Crippen LogP contribution in [0.3, 0.4) is 0 Å². The molecule has 2 aromatic heterocycles. The van der Waals surface area contributed by atoms with Crippen LogP contribution in [0.2, 0.25) is 0 Å². The number of hydrogen-bond acceptors (Lipinski definition) is 3. The first-order valence-electron chi connectivity index (χ1n) is 21.8. The standard InChI is InChI=1S/C59H42N4O.Pt/c1-59(2,3)41-31-33-47(40-17-5-4-6-18-40)58(35-41)61-39-60(56-29-13-14-30-57(56)61)42-19-15-21-45(36-42)64-46-22-16-20-43(37-46)62-54-28-12-9-25-50(54)51-38-44(32-34-55(51)62)63-52-26-10-7-23-48(52)49-24-8-11-27-53(49)63;/h4-27,29-35,38-39H,1-3H3;/q-4;+4. The van der Waals surface area contributed by atoms with Crippen LogP contribution in [0.5, 0.6) is 11.5 Å². The van der Waals surface area contributed by atoms with Crippen molar-refractivity contribution in [2.75, 3.05) is 9.80 Å². The average molecular weight is 1020 g/mol. The molecule has 314 valence electrons. The Morgan fingerprint density at radius 1 is 0.477 bits per heavy atom. The molecule has 12 rings (SSSR count). The van der Waals surface area contributed by atoms with Gasteiger partial charge in [0.25, 0.3) is 0 Å². The van der Waals surface area contributed by atoms with Crippen LogP contribution in [0.4, 0.5) is 22.7 Å². The van der Waals surface area contributed by atoms with Crippen molar-refractivity contribution in [3.63, 3.8) is 0 Å². The van der Waals surface area contributed by atoms with Crippen molar-refractivity contribution in [1.29, 1.82) is 0 Å². The van der Waals surface area contributed by atoms with Crippen molar-refractivity contribution in [3.05, 3.63) is 225 Å². The summed E-state index contributed by atoms with van der Waals surface area (Å²) < 4.78 is 11.2. The predicted octanol–water partition coefficient (Wildman–Crippen LogP) is 15.4. The maximum absolute atomic E-state index is 6.63. The van der Waals surface area contributed by atoms with E-state index in [1.165, 1.54) is 38.5 Å². The van der Waals surface area contributed by atoms with Gasteiger partial charge in [0, 0.05) is 56.1 Å². The van der Waals surface area contributed by atoms with Crippen molar-refractivity contribution < 1.29 is 25.8 Å². The monoisotopic (exact) mass is 1020 g/mol. The van der Waals surface area contributed by atoms with Crippen molar-refractivity contribution in [2.45, 2.75) is 26.2 Å². The second-order valence-electron chi connectivity index (χ2n) is 17.4. The van der Waals surface area contributed by atoms with Gasteiger partial charge in [-0.15, -0.1) is 54.1 Å². The predicted molar refractivity (Wildman–Crippen MR) is 264 cm³/mol. The van der Waals surface area contributed by atoms with Gasteiger partial charge in [-0.1, -0.05) is 123 Å². The largest absolute Gasteiger partial charge is 4.00 e. The summed E-state index contributed by atoms with van der Waals surface area (Å²) in [5.41, 5.74) is 14.1.